The smallest absolute Gasteiger partial charge is 0.0921 e. The molecule has 3 unspecified atom stereocenters. The van der Waals surface area contributed by atoms with E-state index in [0.29, 0.717) is 5.03 Å². The molecule has 1 aliphatic rings. The van der Waals surface area contributed by atoms with Gasteiger partial charge in [0.25, 0.3) is 0 Å². The quantitative estimate of drug-likeness (QED) is 0.604. The molecule has 0 aromatic heterocycles. The van der Waals surface area contributed by atoms with Crippen LogP contribution in [-0.4, -0.2) is 16.0 Å². The van der Waals surface area contributed by atoms with E-state index in [4.69, 9.17) is 11.6 Å². The van der Waals surface area contributed by atoms with E-state index in [-0.39, 0.29) is 10.2 Å². The van der Waals surface area contributed by atoms with E-state index < -0.39 is 6.10 Å². The second kappa shape index (κ2) is 6.03. The van der Waals surface area contributed by atoms with Crippen LogP contribution < -0.4 is 0 Å². The Morgan fingerprint density at radius 2 is 2.35 bits per heavy atom. The third-order valence-corrected chi connectivity index (χ3v) is 4.15. The lowest BCUT2D eigenvalue weighted by Crippen LogP contribution is -2.32. The van der Waals surface area contributed by atoms with E-state index in [2.05, 4.69) is 36.4 Å². The van der Waals surface area contributed by atoms with Gasteiger partial charge in [-0.15, -0.1) is 0 Å². The number of rotatable bonds is 4. The predicted octanol–water partition coefficient (Wildman–Crippen LogP) is 4.33. The first-order valence-corrected chi connectivity index (χ1v) is 6.94. The fraction of sp³-hybridized carbons (Fsp3) is 0.429. The lowest BCUT2D eigenvalue weighted by Gasteiger charge is -2.34. The van der Waals surface area contributed by atoms with Crippen molar-refractivity contribution in [3.63, 3.8) is 0 Å². The first kappa shape index (κ1) is 14.7. The normalized spacial score (nSPS) is 27.9. The van der Waals surface area contributed by atoms with Crippen molar-refractivity contribution in [2.45, 2.75) is 31.2 Å². The van der Waals surface area contributed by atoms with Crippen molar-refractivity contribution in [2.75, 3.05) is 0 Å². The molecule has 0 saturated heterocycles. The zero-order valence-electron chi connectivity index (χ0n) is 10.2. The fourth-order valence-corrected chi connectivity index (χ4v) is 2.39. The molecule has 17 heavy (non-hydrogen) atoms. The summed E-state index contributed by atoms with van der Waals surface area (Å²) < 4.78 is 0. The number of hydrogen-bond acceptors (Lipinski definition) is 1. The summed E-state index contributed by atoms with van der Waals surface area (Å²) >= 11 is 9.21. The first-order chi connectivity index (χ1) is 7.90. The molecule has 1 nitrogen and oxygen atoms in total. The van der Waals surface area contributed by atoms with Gasteiger partial charge in [-0.3, -0.25) is 0 Å². The van der Waals surface area contributed by atoms with Gasteiger partial charge >= 0.3 is 0 Å². The van der Waals surface area contributed by atoms with Gasteiger partial charge in [-0.2, -0.15) is 0 Å². The maximum atomic E-state index is 10.2. The number of allylic oxidation sites excluding steroid dienone is 5. The second-order valence-corrected chi connectivity index (χ2v) is 5.99. The van der Waals surface area contributed by atoms with Crippen molar-refractivity contribution in [3.05, 3.63) is 47.6 Å². The molecule has 0 amide bonds. The molecule has 0 spiro atoms. The Kier molecular flexibility index (Phi) is 5.23. The highest BCUT2D eigenvalue weighted by atomic mass is 79.9. The monoisotopic (exact) mass is 316 g/mol. The number of aliphatic hydroxyl groups excluding tert-OH is 1. The minimum absolute atomic E-state index is 0.0269. The van der Waals surface area contributed by atoms with Gasteiger partial charge in [-0.25, -0.2) is 0 Å². The fourth-order valence-electron chi connectivity index (χ4n) is 1.86. The molecule has 0 heterocycles. The van der Waals surface area contributed by atoms with E-state index in [1.165, 1.54) is 0 Å². The number of aliphatic hydroxyl groups is 1. The third kappa shape index (κ3) is 3.57. The van der Waals surface area contributed by atoms with Gasteiger partial charge in [0.1, 0.15) is 0 Å². The molecule has 3 atom stereocenters. The van der Waals surface area contributed by atoms with Crippen LogP contribution in [-0.2, 0) is 0 Å². The molecular formula is C14H18BrClO. The van der Waals surface area contributed by atoms with Gasteiger partial charge in [0.05, 0.1) is 10.9 Å². The zero-order valence-corrected chi connectivity index (χ0v) is 12.5. The van der Waals surface area contributed by atoms with Crippen LogP contribution in [0.15, 0.2) is 47.6 Å². The van der Waals surface area contributed by atoms with Crippen LogP contribution >= 0.6 is 27.5 Å². The molecule has 0 bridgehead atoms. The third-order valence-electron chi connectivity index (χ3n) is 3.22. The summed E-state index contributed by atoms with van der Waals surface area (Å²) in [7, 11) is 0. The Hall–Kier alpha value is -0.310. The van der Waals surface area contributed by atoms with E-state index in [1.54, 1.807) is 6.08 Å². The van der Waals surface area contributed by atoms with Gasteiger partial charge in [0.15, 0.2) is 0 Å². The summed E-state index contributed by atoms with van der Waals surface area (Å²) in [6.07, 6.45) is 10.1. The summed E-state index contributed by atoms with van der Waals surface area (Å²) in [5.41, 5.74) is 0.798. The summed E-state index contributed by atoms with van der Waals surface area (Å²) in [5, 5.41) is 10.7. The minimum Gasteiger partial charge on any atom is -0.387 e. The van der Waals surface area contributed by atoms with Crippen LogP contribution in [0.3, 0.4) is 0 Å². The Morgan fingerprint density at radius 3 is 2.88 bits per heavy atom. The summed E-state index contributed by atoms with van der Waals surface area (Å²) in [4.78, 5) is -0.0269. The first-order valence-electron chi connectivity index (χ1n) is 5.65. The lowest BCUT2D eigenvalue weighted by atomic mass is 9.74. The summed E-state index contributed by atoms with van der Waals surface area (Å²) in [5.74, 6) is 0. The minimum atomic E-state index is -0.502. The Labute approximate surface area is 117 Å². The standard InChI is InChI=1S/C14H18BrClO/c1-4-14(3,9-8-10(2)16)11-6-5-7-12(15)13(11)17/h5-9,12-13,17H,2,4H2,1,3H3/b9-8-. The van der Waals surface area contributed by atoms with Crippen LogP contribution in [0.25, 0.3) is 0 Å². The molecule has 1 N–H and O–H groups in total. The number of halogens is 2. The molecule has 1 aliphatic carbocycles. The van der Waals surface area contributed by atoms with Gasteiger partial charge in [0.2, 0.25) is 0 Å². The molecule has 0 aromatic rings. The molecule has 94 valence electrons. The van der Waals surface area contributed by atoms with Crippen LogP contribution in [0.4, 0.5) is 0 Å². The van der Waals surface area contributed by atoms with Crippen LogP contribution in [0.5, 0.6) is 0 Å². The van der Waals surface area contributed by atoms with Crippen molar-refractivity contribution >= 4 is 27.5 Å². The topological polar surface area (TPSA) is 20.2 Å². The highest BCUT2D eigenvalue weighted by Crippen LogP contribution is 2.38. The van der Waals surface area contributed by atoms with Crippen molar-refractivity contribution in [1.82, 2.24) is 0 Å². The Balaban J connectivity index is 3.05. The van der Waals surface area contributed by atoms with Crippen LogP contribution in [0.2, 0.25) is 0 Å². The molecule has 3 heteroatoms. The molecule has 0 aromatic carbocycles. The number of alkyl halides is 1. The molecule has 0 radical (unpaired) electrons. The van der Waals surface area contributed by atoms with Gasteiger partial charge < -0.3 is 5.11 Å². The summed E-state index contributed by atoms with van der Waals surface area (Å²) in [6, 6.07) is 0. The zero-order chi connectivity index (χ0) is 13.1. The molecule has 0 fully saturated rings. The van der Waals surface area contributed by atoms with E-state index in [0.717, 1.165) is 12.0 Å². The molecule has 0 aliphatic heterocycles. The van der Waals surface area contributed by atoms with Crippen molar-refractivity contribution in [2.24, 2.45) is 5.41 Å². The second-order valence-electron chi connectivity index (χ2n) is 4.45. The van der Waals surface area contributed by atoms with Gasteiger partial charge in [-0.05, 0) is 18.1 Å². The SMILES string of the molecule is C=C(Cl)/C=C\C(C)(CC)C1=CC=CC(Br)C1O. The number of hydrogen-bond donors (Lipinski definition) is 1. The Morgan fingerprint density at radius 1 is 1.71 bits per heavy atom. The van der Waals surface area contributed by atoms with Crippen molar-refractivity contribution in [3.8, 4) is 0 Å². The highest BCUT2D eigenvalue weighted by molar-refractivity contribution is 9.09. The van der Waals surface area contributed by atoms with Crippen molar-refractivity contribution in [1.29, 1.82) is 0 Å². The van der Waals surface area contributed by atoms with Crippen LogP contribution in [0.1, 0.15) is 20.3 Å². The van der Waals surface area contributed by atoms with Crippen molar-refractivity contribution < 1.29 is 5.11 Å². The average molecular weight is 318 g/mol. The molecular weight excluding hydrogens is 300 g/mol. The predicted molar refractivity (Wildman–Crippen MR) is 78.5 cm³/mol. The molecule has 0 saturated carbocycles. The van der Waals surface area contributed by atoms with E-state index in [9.17, 15) is 5.11 Å². The maximum Gasteiger partial charge on any atom is 0.0921 e. The highest BCUT2D eigenvalue weighted by Gasteiger charge is 2.32. The van der Waals surface area contributed by atoms with Gasteiger partial charge in [-0.1, -0.05) is 72.3 Å². The maximum absolute atomic E-state index is 10.2. The summed E-state index contributed by atoms with van der Waals surface area (Å²) in [6.45, 7) is 7.83. The largest absolute Gasteiger partial charge is 0.387 e. The average Bonchev–Trinajstić information content (AvgIpc) is 2.29. The van der Waals surface area contributed by atoms with E-state index >= 15 is 0 Å². The Bertz CT molecular complexity index is 384. The molecule has 1 rings (SSSR count). The van der Waals surface area contributed by atoms with E-state index in [1.807, 2.05) is 24.3 Å². The van der Waals surface area contributed by atoms with Crippen LogP contribution in [0, 0.1) is 5.41 Å². The lowest BCUT2D eigenvalue weighted by molar-refractivity contribution is 0.193. The van der Waals surface area contributed by atoms with Gasteiger partial charge in [0, 0.05) is 10.4 Å².